The second-order valence-corrected chi connectivity index (χ2v) is 7.12. The van der Waals surface area contributed by atoms with Gasteiger partial charge in [-0.25, -0.2) is 14.8 Å². The number of anilines is 1. The third kappa shape index (κ3) is 3.94. The monoisotopic (exact) mass is 354 g/mol. The van der Waals surface area contributed by atoms with Crippen LogP contribution in [0.4, 0.5) is 5.82 Å². The van der Waals surface area contributed by atoms with Gasteiger partial charge in [0.15, 0.2) is 0 Å². The fourth-order valence-electron chi connectivity index (χ4n) is 2.41. The van der Waals surface area contributed by atoms with Crippen LogP contribution in [0.3, 0.4) is 0 Å². The molecule has 0 amide bonds. The second-order valence-electron chi connectivity index (χ2n) is 5.02. The van der Waals surface area contributed by atoms with Gasteiger partial charge in [-0.15, -0.1) is 23.1 Å². The van der Waals surface area contributed by atoms with Crippen molar-refractivity contribution in [1.82, 2.24) is 14.9 Å². The van der Waals surface area contributed by atoms with Crippen molar-refractivity contribution in [3.8, 4) is 0 Å². The highest BCUT2D eigenvalue weighted by Gasteiger charge is 2.21. The molecule has 0 bridgehead atoms. The predicted molar refractivity (Wildman–Crippen MR) is 97.2 cm³/mol. The molecular weight excluding hydrogens is 332 g/mol. The number of likely N-dealkylation sites (N-methyl/N-ethyl adjacent to an activating group) is 1. The van der Waals surface area contributed by atoms with E-state index in [2.05, 4.69) is 34.0 Å². The standard InChI is InChI=1S/C15H22N4O2S2/c1-5-19(6-2)8-7-16-13-10-11(17-9(3)18-13)12(14(20)21)23-15(10)22-4/h5-8H2,1-4H3,(H,20,21)(H,16,17,18). The first-order chi connectivity index (χ1) is 11.0. The smallest absolute Gasteiger partial charge is 0.348 e. The van der Waals surface area contributed by atoms with E-state index in [4.69, 9.17) is 0 Å². The van der Waals surface area contributed by atoms with E-state index in [9.17, 15) is 9.90 Å². The van der Waals surface area contributed by atoms with Crippen LogP contribution in [0.5, 0.6) is 0 Å². The van der Waals surface area contributed by atoms with Crippen molar-refractivity contribution in [1.29, 1.82) is 0 Å². The maximum atomic E-state index is 11.5. The quantitative estimate of drug-likeness (QED) is 0.705. The minimum atomic E-state index is -0.938. The zero-order valence-electron chi connectivity index (χ0n) is 13.8. The fraction of sp³-hybridized carbons (Fsp3) is 0.533. The van der Waals surface area contributed by atoms with Crippen molar-refractivity contribution in [2.75, 3.05) is 37.8 Å². The number of thiophene rings is 1. The molecule has 6 nitrogen and oxygen atoms in total. The Morgan fingerprint density at radius 3 is 2.61 bits per heavy atom. The molecule has 0 fully saturated rings. The van der Waals surface area contributed by atoms with E-state index in [0.29, 0.717) is 11.3 Å². The first-order valence-electron chi connectivity index (χ1n) is 7.56. The molecule has 2 aromatic heterocycles. The Balaban J connectivity index is 2.37. The van der Waals surface area contributed by atoms with Crippen LogP contribution in [0.2, 0.25) is 0 Å². The third-order valence-electron chi connectivity index (χ3n) is 3.63. The Morgan fingerprint density at radius 2 is 2.04 bits per heavy atom. The van der Waals surface area contributed by atoms with Crippen LogP contribution in [0.1, 0.15) is 29.3 Å². The van der Waals surface area contributed by atoms with Gasteiger partial charge < -0.3 is 15.3 Å². The highest BCUT2D eigenvalue weighted by molar-refractivity contribution is 8.00. The summed E-state index contributed by atoms with van der Waals surface area (Å²) in [6.07, 6.45) is 1.94. The van der Waals surface area contributed by atoms with Gasteiger partial charge in [-0.1, -0.05) is 13.8 Å². The number of carboxylic acids is 1. The maximum Gasteiger partial charge on any atom is 0.348 e. The molecule has 23 heavy (non-hydrogen) atoms. The predicted octanol–water partition coefficient (Wildman–Crippen LogP) is 3.17. The Bertz CT molecular complexity index is 698. The van der Waals surface area contributed by atoms with Crippen LogP contribution in [-0.4, -0.2) is 58.4 Å². The zero-order valence-corrected chi connectivity index (χ0v) is 15.5. The molecule has 0 unspecified atom stereocenters. The van der Waals surface area contributed by atoms with Crippen molar-refractivity contribution < 1.29 is 9.90 Å². The summed E-state index contributed by atoms with van der Waals surface area (Å²) >= 11 is 2.79. The van der Waals surface area contributed by atoms with Crippen molar-refractivity contribution in [3.05, 3.63) is 10.7 Å². The van der Waals surface area contributed by atoms with Crippen LogP contribution in [0, 0.1) is 6.92 Å². The molecule has 2 aromatic rings. The number of rotatable bonds is 8. The molecule has 0 aliphatic heterocycles. The Morgan fingerprint density at radius 1 is 1.35 bits per heavy atom. The van der Waals surface area contributed by atoms with Crippen LogP contribution < -0.4 is 5.32 Å². The summed E-state index contributed by atoms with van der Waals surface area (Å²) in [6.45, 7) is 9.77. The number of thioether (sulfide) groups is 1. The lowest BCUT2D eigenvalue weighted by molar-refractivity contribution is 0.0704. The molecule has 0 radical (unpaired) electrons. The number of carbonyl (C=O) groups is 1. The van der Waals surface area contributed by atoms with Crippen molar-refractivity contribution in [2.45, 2.75) is 25.0 Å². The van der Waals surface area contributed by atoms with Crippen LogP contribution in [0.15, 0.2) is 4.21 Å². The van der Waals surface area contributed by atoms with Crippen molar-refractivity contribution in [2.24, 2.45) is 0 Å². The first kappa shape index (κ1) is 18.0. The van der Waals surface area contributed by atoms with E-state index in [1.165, 1.54) is 23.1 Å². The molecule has 0 aliphatic carbocycles. The lowest BCUT2D eigenvalue weighted by atomic mass is 10.3. The molecule has 2 heterocycles. The number of aryl methyl sites for hydroxylation is 1. The minimum absolute atomic E-state index is 0.279. The summed E-state index contributed by atoms with van der Waals surface area (Å²) in [7, 11) is 0. The van der Waals surface area contributed by atoms with Gasteiger partial charge in [0.1, 0.15) is 22.0 Å². The number of nitrogens with one attached hydrogen (secondary N) is 1. The van der Waals surface area contributed by atoms with Crippen molar-refractivity contribution >= 4 is 45.8 Å². The Kier molecular flexibility index (Phi) is 6.20. The van der Waals surface area contributed by atoms with Gasteiger partial charge in [-0.05, 0) is 26.3 Å². The van der Waals surface area contributed by atoms with Crippen molar-refractivity contribution in [3.63, 3.8) is 0 Å². The van der Waals surface area contributed by atoms with E-state index in [0.717, 1.165) is 41.6 Å². The number of aromatic nitrogens is 2. The highest BCUT2D eigenvalue weighted by atomic mass is 32.2. The van der Waals surface area contributed by atoms with E-state index in [1.54, 1.807) is 6.92 Å². The minimum Gasteiger partial charge on any atom is -0.477 e. The Labute approximate surface area is 144 Å². The molecule has 2 N–H and O–H groups in total. The molecular formula is C15H22N4O2S2. The molecule has 0 saturated carbocycles. The molecule has 2 rings (SSSR count). The van der Waals surface area contributed by atoms with Crippen LogP contribution in [-0.2, 0) is 0 Å². The van der Waals surface area contributed by atoms with Gasteiger partial charge in [-0.3, -0.25) is 0 Å². The second kappa shape index (κ2) is 7.94. The van der Waals surface area contributed by atoms with E-state index >= 15 is 0 Å². The van der Waals surface area contributed by atoms with Crippen LogP contribution >= 0.6 is 23.1 Å². The van der Waals surface area contributed by atoms with Gasteiger partial charge in [0, 0.05) is 13.1 Å². The number of aromatic carboxylic acids is 1. The molecule has 126 valence electrons. The van der Waals surface area contributed by atoms with E-state index in [-0.39, 0.29) is 4.88 Å². The van der Waals surface area contributed by atoms with Gasteiger partial charge in [-0.2, -0.15) is 0 Å². The molecule has 0 atom stereocenters. The zero-order chi connectivity index (χ0) is 17.0. The normalized spacial score (nSPS) is 11.3. The molecule has 0 saturated heterocycles. The molecule has 0 spiro atoms. The number of fused-ring (bicyclic) bond motifs is 1. The first-order valence-corrected chi connectivity index (χ1v) is 9.60. The summed E-state index contributed by atoms with van der Waals surface area (Å²) < 4.78 is 0.933. The number of hydrogen-bond acceptors (Lipinski definition) is 7. The highest BCUT2D eigenvalue weighted by Crippen LogP contribution is 2.39. The average molecular weight is 355 g/mol. The van der Waals surface area contributed by atoms with Gasteiger partial charge in [0.25, 0.3) is 0 Å². The van der Waals surface area contributed by atoms with Gasteiger partial charge in [0.05, 0.1) is 9.60 Å². The summed E-state index contributed by atoms with van der Waals surface area (Å²) in [5.41, 5.74) is 0.532. The Hall–Kier alpha value is -1.38. The maximum absolute atomic E-state index is 11.5. The van der Waals surface area contributed by atoms with Crippen LogP contribution in [0.25, 0.3) is 10.9 Å². The average Bonchev–Trinajstić information content (AvgIpc) is 2.90. The summed E-state index contributed by atoms with van der Waals surface area (Å²) in [5.74, 6) is 0.371. The third-order valence-corrected chi connectivity index (χ3v) is 5.92. The summed E-state index contributed by atoms with van der Waals surface area (Å²) in [6, 6.07) is 0. The van der Waals surface area contributed by atoms with Gasteiger partial charge in [0.2, 0.25) is 0 Å². The van der Waals surface area contributed by atoms with Gasteiger partial charge >= 0.3 is 5.97 Å². The molecule has 8 heteroatoms. The number of hydrogen-bond donors (Lipinski definition) is 2. The SMILES string of the molecule is CCN(CC)CCNc1nc(C)nc2c(C(=O)O)sc(SC)c12. The fourth-order valence-corrected chi connectivity index (χ4v) is 4.20. The number of nitrogens with zero attached hydrogens (tertiary/aromatic N) is 3. The van der Waals surface area contributed by atoms with E-state index in [1.807, 2.05) is 6.26 Å². The van der Waals surface area contributed by atoms with E-state index < -0.39 is 5.97 Å². The lowest BCUT2D eigenvalue weighted by Crippen LogP contribution is -2.28. The topological polar surface area (TPSA) is 78.3 Å². The summed E-state index contributed by atoms with van der Waals surface area (Å²) in [5, 5.41) is 13.6. The molecule has 0 aliphatic rings. The number of carboxylic acid groups (broad SMARTS) is 1. The largest absolute Gasteiger partial charge is 0.477 e. The lowest BCUT2D eigenvalue weighted by Gasteiger charge is -2.18. The summed E-state index contributed by atoms with van der Waals surface area (Å²) in [4.78, 5) is 22.9. The molecule has 0 aromatic carbocycles.